The minimum atomic E-state index is -0.979. The zero-order valence-electron chi connectivity index (χ0n) is 22.2. The number of hydrogen-bond donors (Lipinski definition) is 2. The normalized spacial score (nSPS) is 11.7. The van der Waals surface area contributed by atoms with Gasteiger partial charge in [-0.25, -0.2) is 9.59 Å². The maximum absolute atomic E-state index is 13.2. The molecule has 0 bridgehead atoms. The van der Waals surface area contributed by atoms with Gasteiger partial charge in [0.15, 0.2) is 6.10 Å². The fourth-order valence-electron chi connectivity index (χ4n) is 4.00. The van der Waals surface area contributed by atoms with Gasteiger partial charge < -0.3 is 29.5 Å². The van der Waals surface area contributed by atoms with Crippen LogP contribution in [0, 0.1) is 0 Å². The molecule has 3 aromatic rings. The van der Waals surface area contributed by atoms with Crippen molar-refractivity contribution in [1.82, 2.24) is 4.90 Å². The van der Waals surface area contributed by atoms with Crippen LogP contribution in [0.3, 0.4) is 0 Å². The summed E-state index contributed by atoms with van der Waals surface area (Å²) in [5.74, 6) is -0.335. The lowest BCUT2D eigenvalue weighted by atomic mass is 10.1. The molecule has 8 heteroatoms. The van der Waals surface area contributed by atoms with E-state index in [9.17, 15) is 14.7 Å². The lowest BCUT2D eigenvalue weighted by Gasteiger charge is -2.24. The molecule has 0 aromatic heterocycles. The average Bonchev–Trinajstić information content (AvgIpc) is 2.92. The summed E-state index contributed by atoms with van der Waals surface area (Å²) in [4.78, 5) is 26.2. The zero-order chi connectivity index (χ0) is 27.2. The van der Waals surface area contributed by atoms with Gasteiger partial charge in [0.1, 0.15) is 12.4 Å². The fourth-order valence-corrected chi connectivity index (χ4v) is 4.00. The number of unbranched alkanes of at least 4 members (excludes halogenated alkanes) is 1. The Kier molecular flexibility index (Phi) is 11.9. The van der Waals surface area contributed by atoms with Crippen molar-refractivity contribution in [3.8, 4) is 5.75 Å². The molecule has 2 N–H and O–H groups in total. The maximum atomic E-state index is 13.2. The number of hydrogen-bond acceptors (Lipinski definition) is 5. The van der Waals surface area contributed by atoms with Crippen molar-refractivity contribution in [2.45, 2.75) is 39.2 Å². The topological polar surface area (TPSA) is 97.3 Å². The zero-order valence-corrected chi connectivity index (χ0v) is 22.2. The first kappa shape index (κ1) is 28.9. The Morgan fingerprint density at radius 2 is 1.66 bits per heavy atom. The van der Waals surface area contributed by atoms with Crippen LogP contribution >= 0.6 is 0 Å². The average molecular weight is 523 g/mol. The van der Waals surface area contributed by atoms with Crippen LogP contribution in [-0.2, 0) is 20.7 Å². The van der Waals surface area contributed by atoms with Gasteiger partial charge in [-0.05, 0) is 42.5 Å². The number of anilines is 1. The van der Waals surface area contributed by atoms with E-state index in [0.29, 0.717) is 45.3 Å². The van der Waals surface area contributed by atoms with Crippen molar-refractivity contribution in [2.75, 3.05) is 44.8 Å². The minimum absolute atomic E-state index is 0.213. The highest BCUT2D eigenvalue weighted by atomic mass is 16.5. The van der Waals surface area contributed by atoms with Gasteiger partial charge in [-0.1, -0.05) is 61.9 Å². The summed E-state index contributed by atoms with van der Waals surface area (Å²) in [5.41, 5.74) is 1.60. The molecule has 0 saturated carbocycles. The number of fused-ring (bicyclic) bond motifs is 1. The van der Waals surface area contributed by atoms with Gasteiger partial charge in [-0.15, -0.1) is 0 Å². The van der Waals surface area contributed by atoms with E-state index in [1.54, 1.807) is 24.0 Å². The number of nitrogens with one attached hydrogen (secondary N) is 1. The number of carbonyl (C=O) groups excluding carboxylic acids is 1. The molecule has 204 valence electrons. The summed E-state index contributed by atoms with van der Waals surface area (Å²) < 4.78 is 16.9. The molecular formula is C30H38N2O6. The Balaban J connectivity index is 1.58. The third kappa shape index (κ3) is 9.04. The molecule has 38 heavy (non-hydrogen) atoms. The van der Waals surface area contributed by atoms with Gasteiger partial charge in [0.2, 0.25) is 0 Å². The van der Waals surface area contributed by atoms with Crippen LogP contribution in [0.4, 0.5) is 10.5 Å². The molecule has 0 heterocycles. The lowest BCUT2D eigenvalue weighted by molar-refractivity contribution is -0.149. The number of nitrogens with zero attached hydrogens (tertiary/aromatic N) is 1. The van der Waals surface area contributed by atoms with Crippen LogP contribution in [0.1, 0.15) is 32.3 Å². The van der Waals surface area contributed by atoms with Gasteiger partial charge in [-0.2, -0.15) is 0 Å². The quantitative estimate of drug-likeness (QED) is 0.238. The van der Waals surface area contributed by atoms with Gasteiger partial charge in [-0.3, -0.25) is 0 Å². The summed E-state index contributed by atoms with van der Waals surface area (Å²) >= 11 is 0. The standard InChI is InChI=1S/C30H38N2O6/c1-3-5-19-36-20-17-32(30(35)31-27-12-8-10-24-9-6-7-11-26(24)27)18-21-38-25-15-13-23(14-16-25)22-28(29(33)34)37-4-2/h6-16,28H,3-5,17-22H2,1-2H3,(H,31,35)(H,33,34). The SMILES string of the molecule is CCCCOCCN(CCOc1ccc(CC(OCC)C(=O)O)cc1)C(=O)Nc1cccc2ccccc12. The van der Waals surface area contributed by atoms with E-state index in [4.69, 9.17) is 14.2 Å². The number of amides is 2. The van der Waals surface area contributed by atoms with E-state index in [1.165, 1.54) is 0 Å². The molecule has 0 fully saturated rings. The van der Waals surface area contributed by atoms with Gasteiger partial charge >= 0.3 is 12.0 Å². The second-order valence-electron chi connectivity index (χ2n) is 8.89. The third-order valence-electron chi connectivity index (χ3n) is 6.08. The molecule has 3 rings (SSSR count). The Morgan fingerprint density at radius 3 is 2.39 bits per heavy atom. The molecule has 0 spiro atoms. The Labute approximate surface area is 224 Å². The van der Waals surface area contributed by atoms with Crippen LogP contribution in [0.2, 0.25) is 0 Å². The number of ether oxygens (including phenoxy) is 3. The molecule has 0 aliphatic rings. The Hall–Kier alpha value is -3.62. The van der Waals surface area contributed by atoms with Gasteiger partial charge in [0, 0.05) is 31.6 Å². The van der Waals surface area contributed by atoms with Crippen molar-refractivity contribution in [1.29, 1.82) is 0 Å². The molecule has 8 nitrogen and oxygen atoms in total. The van der Waals surface area contributed by atoms with E-state index < -0.39 is 12.1 Å². The smallest absolute Gasteiger partial charge is 0.333 e. The summed E-state index contributed by atoms with van der Waals surface area (Å²) in [6.07, 6.45) is 1.45. The van der Waals surface area contributed by atoms with Crippen molar-refractivity contribution >= 4 is 28.5 Å². The summed E-state index contributed by atoms with van der Waals surface area (Å²) in [5, 5.41) is 14.4. The highest BCUT2D eigenvalue weighted by Gasteiger charge is 2.18. The van der Waals surface area contributed by atoms with Crippen LogP contribution in [0.25, 0.3) is 10.8 Å². The van der Waals surface area contributed by atoms with E-state index in [2.05, 4.69) is 12.2 Å². The summed E-state index contributed by atoms with van der Waals surface area (Å²) in [6, 6.07) is 20.8. The molecule has 0 aliphatic carbocycles. The van der Waals surface area contributed by atoms with E-state index in [1.807, 2.05) is 54.6 Å². The molecule has 3 aromatic carbocycles. The first-order chi connectivity index (χ1) is 18.5. The Bertz CT molecular complexity index is 1150. The van der Waals surface area contributed by atoms with E-state index in [0.717, 1.165) is 34.9 Å². The number of rotatable bonds is 16. The second-order valence-corrected chi connectivity index (χ2v) is 8.89. The molecule has 0 saturated heterocycles. The summed E-state index contributed by atoms with van der Waals surface area (Å²) in [7, 11) is 0. The molecule has 0 radical (unpaired) electrons. The number of aliphatic carboxylic acids is 1. The van der Waals surface area contributed by atoms with Crippen LogP contribution in [0.5, 0.6) is 5.75 Å². The second kappa shape index (κ2) is 15.6. The highest BCUT2D eigenvalue weighted by Crippen LogP contribution is 2.23. The maximum Gasteiger partial charge on any atom is 0.333 e. The fraction of sp³-hybridized carbons (Fsp3) is 0.400. The molecule has 1 atom stereocenters. The van der Waals surface area contributed by atoms with Crippen molar-refractivity contribution in [3.63, 3.8) is 0 Å². The van der Waals surface area contributed by atoms with Crippen LogP contribution < -0.4 is 10.1 Å². The van der Waals surface area contributed by atoms with Gasteiger partial charge in [0.05, 0.1) is 18.8 Å². The first-order valence-corrected chi connectivity index (χ1v) is 13.2. The predicted molar refractivity (Wildman–Crippen MR) is 149 cm³/mol. The van der Waals surface area contributed by atoms with E-state index in [-0.39, 0.29) is 12.5 Å². The number of carboxylic acid groups (broad SMARTS) is 1. The van der Waals surface area contributed by atoms with Crippen molar-refractivity contribution < 1.29 is 28.9 Å². The first-order valence-electron chi connectivity index (χ1n) is 13.2. The molecule has 2 amide bonds. The van der Waals surface area contributed by atoms with Gasteiger partial charge in [0.25, 0.3) is 0 Å². The predicted octanol–water partition coefficient (Wildman–Crippen LogP) is 5.60. The molecule has 1 unspecified atom stereocenters. The highest BCUT2D eigenvalue weighted by molar-refractivity contribution is 6.01. The minimum Gasteiger partial charge on any atom is -0.492 e. The Morgan fingerprint density at radius 1 is 0.921 bits per heavy atom. The monoisotopic (exact) mass is 522 g/mol. The summed E-state index contributed by atoms with van der Waals surface area (Å²) in [6.45, 7) is 6.46. The third-order valence-corrected chi connectivity index (χ3v) is 6.08. The number of carbonyl (C=O) groups is 2. The number of benzene rings is 3. The van der Waals surface area contributed by atoms with Crippen LogP contribution in [-0.4, -0.2) is 67.6 Å². The largest absolute Gasteiger partial charge is 0.492 e. The lowest BCUT2D eigenvalue weighted by Crippen LogP contribution is -2.40. The number of carboxylic acids is 1. The molecule has 0 aliphatic heterocycles. The van der Waals surface area contributed by atoms with E-state index >= 15 is 0 Å². The van der Waals surface area contributed by atoms with Crippen molar-refractivity contribution in [3.05, 3.63) is 72.3 Å². The van der Waals surface area contributed by atoms with Crippen LogP contribution in [0.15, 0.2) is 66.7 Å². The van der Waals surface area contributed by atoms with Crippen molar-refractivity contribution in [2.24, 2.45) is 0 Å². The number of urea groups is 1. The molecular weight excluding hydrogens is 484 g/mol.